The summed E-state index contributed by atoms with van der Waals surface area (Å²) in [5.41, 5.74) is 0.818. The number of allylic oxidation sites excluding steroid dienone is 1. The van der Waals surface area contributed by atoms with Crippen molar-refractivity contribution in [1.82, 2.24) is 30.0 Å². The van der Waals surface area contributed by atoms with E-state index in [-0.39, 0.29) is 0 Å². The number of aryl methyl sites for hydroxylation is 1. The van der Waals surface area contributed by atoms with E-state index in [1.807, 2.05) is 20.2 Å². The molecule has 0 atom stereocenters. The molecule has 0 bridgehead atoms. The van der Waals surface area contributed by atoms with Crippen molar-refractivity contribution in [1.29, 1.82) is 0 Å². The van der Waals surface area contributed by atoms with Crippen molar-refractivity contribution in [2.24, 2.45) is 12.0 Å². The maximum Gasteiger partial charge on any atom is 0.193 e. The summed E-state index contributed by atoms with van der Waals surface area (Å²) in [6.45, 7) is 6.15. The number of aromatic nitrogens is 4. The van der Waals surface area contributed by atoms with Crippen molar-refractivity contribution < 1.29 is 0 Å². The molecule has 0 unspecified atom stereocenters. The Morgan fingerprint density at radius 3 is 3.00 bits per heavy atom. The molecule has 2 heterocycles. The average Bonchev–Trinajstić information content (AvgIpc) is 2.97. The van der Waals surface area contributed by atoms with Crippen LogP contribution in [0.2, 0.25) is 0 Å². The zero-order chi connectivity index (χ0) is 17.4. The highest BCUT2D eigenvalue weighted by Crippen LogP contribution is 2.16. The first kappa shape index (κ1) is 17.7. The van der Waals surface area contributed by atoms with Gasteiger partial charge >= 0.3 is 0 Å². The highest BCUT2D eigenvalue weighted by Gasteiger charge is 2.08. The standard InChI is InChI=1S/C16H26N8/c1-5-6-7-10-23(3)16(17-2)19-9-8-18-14-13-11-22-24(4)15(13)21-12-20-14/h5,11-12H,1,6-10H2,2-4H3,(H,17,19)(H,18,20,21). The van der Waals surface area contributed by atoms with Gasteiger partial charge < -0.3 is 15.5 Å². The molecule has 0 saturated heterocycles. The van der Waals surface area contributed by atoms with Crippen LogP contribution in [-0.2, 0) is 7.05 Å². The molecular formula is C16H26N8. The van der Waals surface area contributed by atoms with Crippen LogP contribution in [-0.4, -0.2) is 64.3 Å². The van der Waals surface area contributed by atoms with Crippen LogP contribution < -0.4 is 10.6 Å². The number of fused-ring (bicyclic) bond motifs is 1. The highest BCUT2D eigenvalue weighted by atomic mass is 15.3. The minimum absolute atomic E-state index is 0.723. The summed E-state index contributed by atoms with van der Waals surface area (Å²) in [6.07, 6.45) is 7.34. The fourth-order valence-electron chi connectivity index (χ4n) is 2.42. The molecule has 0 spiro atoms. The summed E-state index contributed by atoms with van der Waals surface area (Å²) < 4.78 is 1.74. The van der Waals surface area contributed by atoms with Crippen LogP contribution in [0.15, 0.2) is 30.2 Å². The second-order valence-corrected chi connectivity index (χ2v) is 5.48. The quantitative estimate of drug-likeness (QED) is 0.328. The molecule has 0 aliphatic rings. The van der Waals surface area contributed by atoms with E-state index in [4.69, 9.17) is 0 Å². The normalized spacial score (nSPS) is 11.5. The van der Waals surface area contributed by atoms with E-state index < -0.39 is 0 Å². The number of nitrogens with zero attached hydrogens (tertiary/aromatic N) is 6. The van der Waals surface area contributed by atoms with Gasteiger partial charge in [0.1, 0.15) is 12.1 Å². The largest absolute Gasteiger partial charge is 0.368 e. The zero-order valence-electron chi connectivity index (χ0n) is 14.7. The van der Waals surface area contributed by atoms with Crippen LogP contribution >= 0.6 is 0 Å². The molecule has 2 N–H and O–H groups in total. The Balaban J connectivity index is 1.81. The SMILES string of the molecule is C=CCCCN(C)C(=NC)NCCNc1ncnc2c1cnn2C. The fourth-order valence-corrected chi connectivity index (χ4v) is 2.42. The molecule has 24 heavy (non-hydrogen) atoms. The molecular weight excluding hydrogens is 304 g/mol. The number of hydrogen-bond donors (Lipinski definition) is 2. The Morgan fingerprint density at radius 1 is 1.42 bits per heavy atom. The lowest BCUT2D eigenvalue weighted by Crippen LogP contribution is -2.41. The number of anilines is 1. The number of nitrogens with one attached hydrogen (secondary N) is 2. The molecule has 8 nitrogen and oxygen atoms in total. The summed E-state index contributed by atoms with van der Waals surface area (Å²) in [6, 6.07) is 0. The van der Waals surface area contributed by atoms with Crippen molar-refractivity contribution in [3.05, 3.63) is 25.2 Å². The van der Waals surface area contributed by atoms with Gasteiger partial charge in [-0.15, -0.1) is 6.58 Å². The fraction of sp³-hybridized carbons (Fsp3) is 0.500. The lowest BCUT2D eigenvalue weighted by Gasteiger charge is -2.22. The van der Waals surface area contributed by atoms with Crippen molar-refractivity contribution in [3.63, 3.8) is 0 Å². The summed E-state index contributed by atoms with van der Waals surface area (Å²) >= 11 is 0. The number of hydrogen-bond acceptors (Lipinski definition) is 5. The number of guanidine groups is 1. The summed E-state index contributed by atoms with van der Waals surface area (Å²) in [5, 5.41) is 11.8. The van der Waals surface area contributed by atoms with Crippen LogP contribution in [0, 0.1) is 0 Å². The smallest absolute Gasteiger partial charge is 0.193 e. The number of unbranched alkanes of at least 4 members (excludes halogenated alkanes) is 1. The number of aliphatic imine (C=N–C) groups is 1. The third-order valence-electron chi connectivity index (χ3n) is 3.71. The Hall–Kier alpha value is -2.64. The molecule has 2 aromatic rings. The third-order valence-corrected chi connectivity index (χ3v) is 3.71. The topological polar surface area (TPSA) is 83.3 Å². The van der Waals surface area contributed by atoms with Gasteiger partial charge in [0.15, 0.2) is 11.6 Å². The van der Waals surface area contributed by atoms with Crippen LogP contribution in [0.4, 0.5) is 5.82 Å². The lowest BCUT2D eigenvalue weighted by atomic mass is 10.3. The molecule has 0 amide bonds. The van der Waals surface area contributed by atoms with Gasteiger partial charge in [0.05, 0.1) is 11.6 Å². The third kappa shape index (κ3) is 4.43. The van der Waals surface area contributed by atoms with Crippen molar-refractivity contribution >= 4 is 22.8 Å². The van der Waals surface area contributed by atoms with E-state index in [1.165, 1.54) is 0 Å². The monoisotopic (exact) mass is 330 g/mol. The molecule has 0 aliphatic carbocycles. The van der Waals surface area contributed by atoms with Crippen LogP contribution in [0.1, 0.15) is 12.8 Å². The Morgan fingerprint density at radius 2 is 2.25 bits per heavy atom. The van der Waals surface area contributed by atoms with Gasteiger partial charge in [0.25, 0.3) is 0 Å². The van der Waals surface area contributed by atoms with Crippen molar-refractivity contribution in [2.75, 3.05) is 39.0 Å². The zero-order valence-corrected chi connectivity index (χ0v) is 14.7. The molecule has 8 heteroatoms. The molecule has 0 aliphatic heterocycles. The first-order chi connectivity index (χ1) is 11.7. The summed E-state index contributed by atoms with van der Waals surface area (Å²) in [4.78, 5) is 14.9. The Labute approximate surface area is 142 Å². The first-order valence-electron chi connectivity index (χ1n) is 8.06. The second-order valence-electron chi connectivity index (χ2n) is 5.48. The first-order valence-corrected chi connectivity index (χ1v) is 8.06. The van der Waals surface area contributed by atoms with Crippen molar-refractivity contribution in [3.8, 4) is 0 Å². The predicted octanol–water partition coefficient (Wildman–Crippen LogP) is 1.25. The summed E-state index contributed by atoms with van der Waals surface area (Å²) in [7, 11) is 5.70. The van der Waals surface area contributed by atoms with Gasteiger partial charge in [-0.1, -0.05) is 6.08 Å². The van der Waals surface area contributed by atoms with E-state index in [2.05, 4.69) is 42.2 Å². The minimum Gasteiger partial charge on any atom is -0.368 e. The van der Waals surface area contributed by atoms with Crippen LogP contribution in [0.3, 0.4) is 0 Å². The average molecular weight is 330 g/mol. The second kappa shape index (κ2) is 8.85. The summed E-state index contributed by atoms with van der Waals surface area (Å²) in [5.74, 6) is 1.68. The molecule has 130 valence electrons. The van der Waals surface area contributed by atoms with Gasteiger partial charge in [-0.25, -0.2) is 9.97 Å². The predicted molar refractivity (Wildman–Crippen MR) is 98.2 cm³/mol. The Kier molecular flexibility index (Phi) is 6.53. The molecule has 0 fully saturated rings. The van der Waals surface area contributed by atoms with Gasteiger partial charge in [0.2, 0.25) is 0 Å². The van der Waals surface area contributed by atoms with Crippen molar-refractivity contribution in [2.45, 2.75) is 12.8 Å². The Bertz CT molecular complexity index is 690. The molecule has 0 saturated carbocycles. The maximum atomic E-state index is 4.30. The number of rotatable bonds is 8. The van der Waals surface area contributed by atoms with Crippen LogP contribution in [0.25, 0.3) is 11.0 Å². The van der Waals surface area contributed by atoms with Gasteiger partial charge in [0, 0.05) is 40.8 Å². The highest BCUT2D eigenvalue weighted by molar-refractivity contribution is 5.86. The van der Waals surface area contributed by atoms with E-state index >= 15 is 0 Å². The molecule has 2 aromatic heterocycles. The van der Waals surface area contributed by atoms with E-state index in [0.29, 0.717) is 0 Å². The minimum atomic E-state index is 0.723. The van der Waals surface area contributed by atoms with E-state index in [0.717, 1.165) is 55.3 Å². The van der Waals surface area contributed by atoms with E-state index in [9.17, 15) is 0 Å². The molecule has 2 rings (SSSR count). The lowest BCUT2D eigenvalue weighted by molar-refractivity contribution is 0.471. The van der Waals surface area contributed by atoms with Gasteiger partial charge in [-0.3, -0.25) is 9.67 Å². The van der Waals surface area contributed by atoms with Gasteiger partial charge in [-0.05, 0) is 12.8 Å². The van der Waals surface area contributed by atoms with E-state index in [1.54, 1.807) is 24.3 Å². The maximum absolute atomic E-state index is 4.30. The molecule has 0 aromatic carbocycles. The van der Waals surface area contributed by atoms with Crippen LogP contribution in [0.5, 0.6) is 0 Å². The molecule has 0 radical (unpaired) electrons. The van der Waals surface area contributed by atoms with Gasteiger partial charge in [-0.2, -0.15) is 5.10 Å².